The van der Waals surface area contributed by atoms with Gasteiger partial charge in [0.2, 0.25) is 0 Å². The summed E-state index contributed by atoms with van der Waals surface area (Å²) >= 11 is 0. The van der Waals surface area contributed by atoms with E-state index >= 15 is 0 Å². The molecule has 1 atom stereocenters. The molecule has 0 radical (unpaired) electrons. The molecule has 0 aliphatic rings. The van der Waals surface area contributed by atoms with Crippen LogP contribution in [0.4, 0.5) is 10.5 Å². The lowest BCUT2D eigenvalue weighted by molar-refractivity contribution is 0.248. The van der Waals surface area contributed by atoms with Crippen molar-refractivity contribution in [1.82, 2.24) is 5.32 Å². The van der Waals surface area contributed by atoms with Crippen LogP contribution >= 0.6 is 0 Å². The van der Waals surface area contributed by atoms with Crippen LogP contribution in [0.2, 0.25) is 0 Å². The molecule has 0 bridgehead atoms. The van der Waals surface area contributed by atoms with Crippen molar-refractivity contribution in [2.45, 2.75) is 39.7 Å². The Morgan fingerprint density at radius 3 is 2.35 bits per heavy atom. The summed E-state index contributed by atoms with van der Waals surface area (Å²) in [5.74, 6) is 0.677. The van der Waals surface area contributed by atoms with Crippen molar-refractivity contribution in [3.8, 4) is 0 Å². The first-order valence-electron chi connectivity index (χ1n) is 6.20. The highest BCUT2D eigenvalue weighted by atomic mass is 16.2. The summed E-state index contributed by atoms with van der Waals surface area (Å²) in [7, 11) is 0. The molecule has 0 aliphatic carbocycles. The van der Waals surface area contributed by atoms with Crippen molar-refractivity contribution in [2.75, 3.05) is 5.32 Å². The van der Waals surface area contributed by atoms with E-state index in [1.807, 2.05) is 37.3 Å². The molecule has 2 amide bonds. The lowest BCUT2D eigenvalue weighted by Gasteiger charge is -2.15. The summed E-state index contributed by atoms with van der Waals surface area (Å²) in [5.41, 5.74) is 0.820. The Morgan fingerprint density at radius 1 is 1.12 bits per heavy atom. The topological polar surface area (TPSA) is 41.1 Å². The summed E-state index contributed by atoms with van der Waals surface area (Å²) in [6.45, 7) is 6.42. The van der Waals surface area contributed by atoms with Gasteiger partial charge in [0.25, 0.3) is 0 Å². The van der Waals surface area contributed by atoms with Gasteiger partial charge < -0.3 is 10.6 Å². The van der Waals surface area contributed by atoms with Gasteiger partial charge in [0, 0.05) is 11.7 Å². The number of nitrogens with one attached hydrogen (secondary N) is 2. The quantitative estimate of drug-likeness (QED) is 0.802. The molecular formula is C14H22N2O. The zero-order valence-corrected chi connectivity index (χ0v) is 10.9. The molecule has 17 heavy (non-hydrogen) atoms. The average molecular weight is 234 g/mol. The number of hydrogen-bond acceptors (Lipinski definition) is 1. The minimum absolute atomic E-state index is 0.132. The van der Waals surface area contributed by atoms with Crippen LogP contribution in [0.5, 0.6) is 0 Å². The predicted octanol–water partition coefficient (Wildman–Crippen LogP) is 3.63. The van der Waals surface area contributed by atoms with Crippen molar-refractivity contribution in [1.29, 1.82) is 0 Å². The van der Waals surface area contributed by atoms with E-state index in [-0.39, 0.29) is 12.1 Å². The van der Waals surface area contributed by atoms with E-state index in [1.54, 1.807) is 0 Å². The lowest BCUT2D eigenvalue weighted by Crippen LogP contribution is -2.36. The molecule has 1 rings (SSSR count). The fraction of sp³-hybridized carbons (Fsp3) is 0.500. The van der Waals surface area contributed by atoms with E-state index in [1.165, 1.54) is 0 Å². The van der Waals surface area contributed by atoms with Gasteiger partial charge in [0.05, 0.1) is 0 Å². The van der Waals surface area contributed by atoms with E-state index in [0.29, 0.717) is 5.92 Å². The van der Waals surface area contributed by atoms with E-state index in [9.17, 15) is 4.79 Å². The van der Waals surface area contributed by atoms with Gasteiger partial charge in [-0.3, -0.25) is 0 Å². The number of hydrogen-bond donors (Lipinski definition) is 2. The van der Waals surface area contributed by atoms with Crippen LogP contribution < -0.4 is 10.6 Å². The van der Waals surface area contributed by atoms with Gasteiger partial charge in [-0.25, -0.2) is 4.79 Å². The first kappa shape index (κ1) is 13.6. The molecule has 3 nitrogen and oxygen atoms in total. The highest BCUT2D eigenvalue weighted by Gasteiger charge is 2.07. The summed E-state index contributed by atoms with van der Waals surface area (Å²) in [6, 6.07) is 9.55. The zero-order chi connectivity index (χ0) is 12.7. The minimum atomic E-state index is -0.132. The number of rotatable bonds is 5. The molecule has 0 heterocycles. The number of anilines is 1. The van der Waals surface area contributed by atoms with Crippen LogP contribution in [-0.4, -0.2) is 12.1 Å². The molecule has 1 unspecified atom stereocenters. The van der Waals surface area contributed by atoms with E-state index in [2.05, 4.69) is 24.5 Å². The van der Waals surface area contributed by atoms with Crippen LogP contribution in [-0.2, 0) is 0 Å². The molecular weight excluding hydrogens is 212 g/mol. The monoisotopic (exact) mass is 234 g/mol. The normalized spacial score (nSPS) is 12.2. The molecule has 3 heteroatoms. The number of amides is 2. The Balaban J connectivity index is 2.29. The third-order valence-corrected chi connectivity index (χ3v) is 2.59. The van der Waals surface area contributed by atoms with Crippen LogP contribution in [0, 0.1) is 5.92 Å². The SMILES string of the molecule is CC(C)CCC(C)NC(=O)Nc1ccccc1. The van der Waals surface area contributed by atoms with Gasteiger partial charge in [0.1, 0.15) is 0 Å². The third kappa shape index (κ3) is 5.95. The maximum Gasteiger partial charge on any atom is 0.319 e. The molecule has 0 saturated heterocycles. The molecule has 1 aromatic rings. The van der Waals surface area contributed by atoms with E-state index in [4.69, 9.17) is 0 Å². The molecule has 0 aliphatic heterocycles. The van der Waals surface area contributed by atoms with Crippen LogP contribution in [0.15, 0.2) is 30.3 Å². The number of para-hydroxylation sites is 1. The first-order chi connectivity index (χ1) is 8.08. The van der Waals surface area contributed by atoms with Crippen molar-refractivity contribution in [2.24, 2.45) is 5.92 Å². The molecule has 0 aromatic heterocycles. The van der Waals surface area contributed by atoms with Gasteiger partial charge in [-0.1, -0.05) is 32.0 Å². The molecule has 0 spiro atoms. The second kappa shape index (κ2) is 6.94. The number of benzene rings is 1. The maximum atomic E-state index is 11.6. The summed E-state index contributed by atoms with van der Waals surface area (Å²) < 4.78 is 0. The number of carbonyl (C=O) groups excluding carboxylic acids is 1. The summed E-state index contributed by atoms with van der Waals surface area (Å²) in [4.78, 5) is 11.6. The molecule has 1 aromatic carbocycles. The molecule has 0 saturated carbocycles. The third-order valence-electron chi connectivity index (χ3n) is 2.59. The number of urea groups is 1. The summed E-state index contributed by atoms with van der Waals surface area (Å²) in [6.07, 6.45) is 2.15. The highest BCUT2D eigenvalue weighted by Crippen LogP contribution is 2.07. The van der Waals surface area contributed by atoms with Crippen LogP contribution in [0.3, 0.4) is 0 Å². The Hall–Kier alpha value is -1.51. The van der Waals surface area contributed by atoms with E-state index < -0.39 is 0 Å². The molecule has 2 N–H and O–H groups in total. The van der Waals surface area contributed by atoms with Gasteiger partial charge in [-0.2, -0.15) is 0 Å². The lowest BCUT2D eigenvalue weighted by atomic mass is 10.0. The highest BCUT2D eigenvalue weighted by molar-refractivity contribution is 5.89. The Bertz CT molecular complexity index is 335. The summed E-state index contributed by atoms with van der Waals surface area (Å²) in [5, 5.41) is 5.74. The molecule has 94 valence electrons. The predicted molar refractivity (Wildman–Crippen MR) is 72.1 cm³/mol. The van der Waals surface area contributed by atoms with Crippen LogP contribution in [0.1, 0.15) is 33.6 Å². The van der Waals surface area contributed by atoms with Gasteiger partial charge >= 0.3 is 6.03 Å². The van der Waals surface area contributed by atoms with Crippen LogP contribution in [0.25, 0.3) is 0 Å². The standard InChI is InChI=1S/C14H22N2O/c1-11(2)9-10-12(3)15-14(17)16-13-7-5-4-6-8-13/h4-8,11-12H,9-10H2,1-3H3,(H2,15,16,17). The van der Waals surface area contributed by atoms with Gasteiger partial charge in [0.15, 0.2) is 0 Å². The van der Waals surface area contributed by atoms with Crippen molar-refractivity contribution in [3.63, 3.8) is 0 Å². The fourth-order valence-electron chi connectivity index (χ4n) is 1.57. The Morgan fingerprint density at radius 2 is 1.76 bits per heavy atom. The maximum absolute atomic E-state index is 11.6. The zero-order valence-electron chi connectivity index (χ0n) is 10.9. The van der Waals surface area contributed by atoms with Gasteiger partial charge in [-0.05, 0) is 37.8 Å². The smallest absolute Gasteiger partial charge is 0.319 e. The Kier molecular flexibility index (Phi) is 5.53. The van der Waals surface area contributed by atoms with Crippen molar-refractivity contribution >= 4 is 11.7 Å². The number of carbonyl (C=O) groups is 1. The molecule has 0 fully saturated rings. The fourth-order valence-corrected chi connectivity index (χ4v) is 1.57. The second-order valence-corrected chi connectivity index (χ2v) is 4.84. The van der Waals surface area contributed by atoms with Gasteiger partial charge in [-0.15, -0.1) is 0 Å². The first-order valence-corrected chi connectivity index (χ1v) is 6.20. The Labute approximate surface area is 104 Å². The largest absolute Gasteiger partial charge is 0.335 e. The minimum Gasteiger partial charge on any atom is -0.335 e. The van der Waals surface area contributed by atoms with Crippen molar-refractivity contribution < 1.29 is 4.79 Å². The average Bonchev–Trinajstić information content (AvgIpc) is 2.27. The van der Waals surface area contributed by atoms with Crippen molar-refractivity contribution in [3.05, 3.63) is 30.3 Å². The van der Waals surface area contributed by atoms with E-state index in [0.717, 1.165) is 18.5 Å². The second-order valence-electron chi connectivity index (χ2n) is 4.84.